The summed E-state index contributed by atoms with van der Waals surface area (Å²) >= 11 is 0. The molecule has 9 heteroatoms. The second kappa shape index (κ2) is 9.74. The highest BCUT2D eigenvalue weighted by Crippen LogP contribution is 2.28. The lowest BCUT2D eigenvalue weighted by Gasteiger charge is -2.37. The third-order valence-corrected chi connectivity index (χ3v) is 6.45. The molecule has 3 saturated heterocycles. The molecule has 0 radical (unpaired) electrons. The van der Waals surface area contributed by atoms with Crippen molar-refractivity contribution in [2.45, 2.75) is 31.7 Å². The van der Waals surface area contributed by atoms with Crippen molar-refractivity contribution in [3.63, 3.8) is 0 Å². The monoisotopic (exact) mass is 431 g/mol. The van der Waals surface area contributed by atoms with Gasteiger partial charge in [-0.3, -0.25) is 19.7 Å². The van der Waals surface area contributed by atoms with Crippen LogP contribution in [0.3, 0.4) is 0 Å². The quantitative estimate of drug-likeness (QED) is 0.588. The van der Waals surface area contributed by atoms with E-state index in [-0.39, 0.29) is 24.3 Å². The lowest BCUT2D eigenvalue weighted by molar-refractivity contribution is -0.134. The van der Waals surface area contributed by atoms with Crippen molar-refractivity contribution >= 4 is 23.4 Å². The van der Waals surface area contributed by atoms with Crippen molar-refractivity contribution in [3.8, 4) is 0 Å². The number of hydrogen-bond acceptors (Lipinski definition) is 6. The maximum Gasteiger partial charge on any atom is 0.254 e. The zero-order valence-corrected chi connectivity index (χ0v) is 17.7. The molecule has 0 bridgehead atoms. The number of rotatable bonds is 5. The average Bonchev–Trinajstić information content (AvgIpc) is 2.77. The predicted molar refractivity (Wildman–Crippen MR) is 114 cm³/mol. The number of piperazine rings is 1. The van der Waals surface area contributed by atoms with Crippen LogP contribution in [0.25, 0.3) is 0 Å². The fourth-order valence-corrected chi connectivity index (χ4v) is 4.62. The molecule has 1 unspecified atom stereocenters. The highest BCUT2D eigenvalue weighted by molar-refractivity contribution is 6.04. The maximum atomic E-state index is 15.2. The first-order valence-electron chi connectivity index (χ1n) is 11.1. The topological polar surface area (TPSA) is 93.8 Å². The summed E-state index contributed by atoms with van der Waals surface area (Å²) in [5, 5.41) is 8.12. The van der Waals surface area contributed by atoms with Gasteiger partial charge in [-0.2, -0.15) is 0 Å². The van der Waals surface area contributed by atoms with Crippen LogP contribution in [0.2, 0.25) is 0 Å². The van der Waals surface area contributed by atoms with Crippen molar-refractivity contribution in [1.29, 1.82) is 0 Å². The zero-order valence-electron chi connectivity index (χ0n) is 17.7. The largest absolute Gasteiger partial charge is 0.369 e. The van der Waals surface area contributed by atoms with Gasteiger partial charge in [0.15, 0.2) is 5.82 Å². The Bertz CT molecular complexity index is 834. The molecule has 1 aromatic rings. The van der Waals surface area contributed by atoms with E-state index in [0.29, 0.717) is 11.6 Å². The molecule has 3 amide bonds. The third kappa shape index (κ3) is 5.22. The van der Waals surface area contributed by atoms with E-state index in [2.05, 4.69) is 20.9 Å². The number of benzene rings is 1. The molecule has 0 spiro atoms. The standard InChI is InChI=1S/C22H30FN5O3/c23-20-16(21(30)25-17-4-5-19(29)26-22(17)31)2-1-3-18(20)28-10-6-15(7-11-28)14-27-12-8-24-9-13-27/h1-3,15,17,24H,4-14H2,(H,25,30)(H,26,29,31). The van der Waals surface area contributed by atoms with Crippen LogP contribution in [-0.4, -0.2) is 74.5 Å². The maximum absolute atomic E-state index is 15.2. The van der Waals surface area contributed by atoms with Gasteiger partial charge >= 0.3 is 0 Å². The number of carbonyl (C=O) groups is 3. The molecule has 0 aromatic heterocycles. The summed E-state index contributed by atoms with van der Waals surface area (Å²) in [6.45, 7) is 6.85. The van der Waals surface area contributed by atoms with E-state index in [9.17, 15) is 14.4 Å². The Morgan fingerprint density at radius 2 is 1.84 bits per heavy atom. The number of nitrogens with zero attached hydrogens (tertiary/aromatic N) is 2. The van der Waals surface area contributed by atoms with Crippen LogP contribution in [0, 0.1) is 11.7 Å². The van der Waals surface area contributed by atoms with Gasteiger partial charge in [0.2, 0.25) is 11.8 Å². The first-order valence-corrected chi connectivity index (χ1v) is 11.1. The first-order chi connectivity index (χ1) is 15.0. The highest BCUT2D eigenvalue weighted by atomic mass is 19.1. The van der Waals surface area contributed by atoms with Crippen molar-refractivity contribution in [2.24, 2.45) is 5.92 Å². The Hall–Kier alpha value is -2.52. The van der Waals surface area contributed by atoms with Gasteiger partial charge < -0.3 is 20.4 Å². The summed E-state index contributed by atoms with van der Waals surface area (Å²) in [6, 6.07) is 3.98. The summed E-state index contributed by atoms with van der Waals surface area (Å²) in [5.74, 6) is -1.50. The number of anilines is 1. The Morgan fingerprint density at radius 1 is 1.10 bits per heavy atom. The number of nitrogens with one attached hydrogen (secondary N) is 3. The molecule has 3 N–H and O–H groups in total. The molecule has 3 heterocycles. The number of imide groups is 1. The molecule has 0 saturated carbocycles. The van der Waals surface area contributed by atoms with Crippen molar-refractivity contribution in [2.75, 3.05) is 50.7 Å². The minimum absolute atomic E-state index is 0.0786. The SMILES string of the molecule is O=C1CCC(NC(=O)c2cccc(N3CCC(CN4CCNCC4)CC3)c2F)C(=O)N1. The van der Waals surface area contributed by atoms with Gasteiger partial charge in [-0.15, -0.1) is 0 Å². The average molecular weight is 432 g/mol. The number of hydrogen-bond donors (Lipinski definition) is 3. The smallest absolute Gasteiger partial charge is 0.254 e. The Labute approximate surface area is 181 Å². The number of amides is 3. The molecule has 0 aliphatic carbocycles. The van der Waals surface area contributed by atoms with Crippen molar-refractivity contribution < 1.29 is 18.8 Å². The molecule has 4 rings (SSSR count). The Kier molecular flexibility index (Phi) is 6.82. The highest BCUT2D eigenvalue weighted by Gasteiger charge is 2.30. The molecule has 3 aliphatic rings. The van der Waals surface area contributed by atoms with E-state index in [1.165, 1.54) is 6.07 Å². The van der Waals surface area contributed by atoms with Crippen LogP contribution < -0.4 is 20.9 Å². The number of halogens is 1. The van der Waals surface area contributed by atoms with E-state index < -0.39 is 23.7 Å². The van der Waals surface area contributed by atoms with Gasteiger partial charge in [-0.05, 0) is 37.3 Å². The van der Waals surface area contributed by atoms with Gasteiger partial charge in [0.25, 0.3) is 5.91 Å². The summed E-state index contributed by atoms with van der Waals surface area (Å²) in [6.07, 6.45) is 2.37. The third-order valence-electron chi connectivity index (χ3n) is 6.45. The Morgan fingerprint density at radius 3 is 2.55 bits per heavy atom. The van der Waals surface area contributed by atoms with Crippen LogP contribution in [-0.2, 0) is 9.59 Å². The van der Waals surface area contributed by atoms with Crippen LogP contribution in [0.15, 0.2) is 18.2 Å². The molecule has 1 aromatic carbocycles. The molecule has 8 nitrogen and oxygen atoms in total. The molecule has 168 valence electrons. The number of carbonyl (C=O) groups excluding carboxylic acids is 3. The van der Waals surface area contributed by atoms with Gasteiger partial charge in [0.05, 0.1) is 11.3 Å². The first kappa shape index (κ1) is 21.7. The van der Waals surface area contributed by atoms with Gasteiger partial charge in [0, 0.05) is 52.2 Å². The lowest BCUT2D eigenvalue weighted by atomic mass is 9.95. The van der Waals surface area contributed by atoms with Gasteiger partial charge in [-0.25, -0.2) is 4.39 Å². The predicted octanol–water partition coefficient (Wildman–Crippen LogP) is 0.482. The van der Waals surface area contributed by atoms with E-state index in [1.54, 1.807) is 12.1 Å². The van der Waals surface area contributed by atoms with Gasteiger partial charge in [-0.1, -0.05) is 6.07 Å². The summed E-state index contributed by atoms with van der Waals surface area (Å²) in [7, 11) is 0. The van der Waals surface area contributed by atoms with Crippen LogP contribution in [0.1, 0.15) is 36.0 Å². The summed E-state index contributed by atoms with van der Waals surface area (Å²) in [4.78, 5) is 40.3. The van der Waals surface area contributed by atoms with Crippen LogP contribution in [0.4, 0.5) is 10.1 Å². The minimum atomic E-state index is -0.825. The van der Waals surface area contributed by atoms with E-state index in [0.717, 1.165) is 58.7 Å². The van der Waals surface area contributed by atoms with Gasteiger partial charge in [0.1, 0.15) is 6.04 Å². The summed E-state index contributed by atoms with van der Waals surface area (Å²) in [5.41, 5.74) is 0.349. The second-order valence-electron chi connectivity index (χ2n) is 8.60. The van der Waals surface area contributed by atoms with E-state index in [4.69, 9.17) is 0 Å². The second-order valence-corrected chi connectivity index (χ2v) is 8.60. The van der Waals surface area contributed by atoms with E-state index in [1.807, 2.05) is 4.90 Å². The molecule has 31 heavy (non-hydrogen) atoms. The summed E-state index contributed by atoms with van der Waals surface area (Å²) < 4.78 is 15.2. The molecule has 3 fully saturated rings. The molecular formula is C22H30FN5O3. The Balaban J connectivity index is 1.36. The molecular weight excluding hydrogens is 401 g/mol. The molecule has 1 atom stereocenters. The normalized spacial score (nSPS) is 23.5. The van der Waals surface area contributed by atoms with E-state index >= 15 is 4.39 Å². The lowest BCUT2D eigenvalue weighted by Crippen LogP contribution is -2.52. The number of piperidine rings is 2. The minimum Gasteiger partial charge on any atom is -0.369 e. The fraction of sp³-hybridized carbons (Fsp3) is 0.591. The fourth-order valence-electron chi connectivity index (χ4n) is 4.62. The van der Waals surface area contributed by atoms with Crippen LogP contribution >= 0.6 is 0 Å². The van der Waals surface area contributed by atoms with Crippen molar-refractivity contribution in [3.05, 3.63) is 29.6 Å². The van der Waals surface area contributed by atoms with Crippen LogP contribution in [0.5, 0.6) is 0 Å². The zero-order chi connectivity index (χ0) is 21.8. The molecule has 3 aliphatic heterocycles. The van der Waals surface area contributed by atoms with Crippen molar-refractivity contribution in [1.82, 2.24) is 20.9 Å².